The minimum absolute atomic E-state index is 0.180. The van der Waals surface area contributed by atoms with Gasteiger partial charge >= 0.3 is 16.2 Å². The zero-order chi connectivity index (χ0) is 35.1. The number of urea groups is 1. The molecule has 4 aromatic carbocycles. The third-order valence-corrected chi connectivity index (χ3v) is 9.49. The van der Waals surface area contributed by atoms with Crippen molar-refractivity contribution in [2.24, 2.45) is 5.16 Å². The lowest BCUT2D eigenvalue weighted by molar-refractivity contribution is -0.141. The van der Waals surface area contributed by atoms with Crippen molar-refractivity contribution in [1.29, 1.82) is 0 Å². The van der Waals surface area contributed by atoms with Crippen LogP contribution in [0.3, 0.4) is 0 Å². The molecule has 0 saturated carbocycles. The van der Waals surface area contributed by atoms with Gasteiger partial charge in [0.15, 0.2) is 10.8 Å². The Morgan fingerprint density at radius 3 is 1.88 bits per heavy atom. The number of hydrogen-bond donors (Lipinski definition) is 4. The zero-order valence-electron chi connectivity index (χ0n) is 26.5. The number of nitrogens with one attached hydrogen (secondary N) is 4. The summed E-state index contributed by atoms with van der Waals surface area (Å²) >= 11 is 1.25. The molecule has 6 rings (SSSR count). The van der Waals surface area contributed by atoms with E-state index < -0.39 is 39.6 Å². The number of likely N-dealkylation sites (tertiary alicyclic amines) is 1. The molecule has 0 aliphatic carbocycles. The Kier molecular flexibility index (Phi) is 9.87. The third kappa shape index (κ3) is 7.18. The molecule has 2 heterocycles. The second-order valence-electron chi connectivity index (χ2n) is 11.0. The number of oxime groups is 1. The van der Waals surface area contributed by atoms with Crippen LogP contribution in [-0.2, 0) is 30.2 Å². The van der Waals surface area contributed by atoms with E-state index in [0.717, 1.165) is 16.7 Å². The summed E-state index contributed by atoms with van der Waals surface area (Å²) in [6, 6.07) is 35.4. The van der Waals surface area contributed by atoms with E-state index in [1.165, 1.54) is 30.6 Å². The highest BCUT2D eigenvalue weighted by Crippen LogP contribution is 2.40. The van der Waals surface area contributed by atoms with Crippen molar-refractivity contribution >= 4 is 55.9 Å². The SMILES string of the molecule is CON=C(C(=O)N[C@H]1CN(C(=O)NS(=O)(=O)Nc2ccccc2)C1=O)c1csc(NC(c2ccccc2)(c2ccccc2)c2ccccc2)n1. The van der Waals surface area contributed by atoms with Crippen LogP contribution in [0.15, 0.2) is 132 Å². The highest BCUT2D eigenvalue weighted by atomic mass is 32.2. The molecule has 1 aliphatic heterocycles. The van der Waals surface area contributed by atoms with Gasteiger partial charge < -0.3 is 15.5 Å². The number of rotatable bonds is 12. The van der Waals surface area contributed by atoms with E-state index in [1.807, 2.05) is 91.0 Å². The highest BCUT2D eigenvalue weighted by Gasteiger charge is 2.44. The molecule has 1 fully saturated rings. The Hall–Kier alpha value is -6.06. The lowest BCUT2D eigenvalue weighted by Gasteiger charge is -2.36. The molecular weight excluding hydrogens is 679 g/mol. The van der Waals surface area contributed by atoms with E-state index in [-0.39, 0.29) is 23.6 Å². The van der Waals surface area contributed by atoms with Gasteiger partial charge in [0.05, 0.1) is 12.2 Å². The number of carbonyl (C=O) groups excluding carboxylic acids is 3. The summed E-state index contributed by atoms with van der Waals surface area (Å²) in [5, 5.41) is 12.2. The first-order valence-corrected chi connectivity index (χ1v) is 17.6. The molecule has 0 spiro atoms. The molecule has 15 heteroatoms. The molecule has 0 bridgehead atoms. The summed E-state index contributed by atoms with van der Waals surface area (Å²) < 4.78 is 28.7. The summed E-state index contributed by atoms with van der Waals surface area (Å²) in [5.74, 6) is -1.58. The van der Waals surface area contributed by atoms with E-state index in [9.17, 15) is 22.8 Å². The molecule has 50 heavy (non-hydrogen) atoms. The normalized spacial score (nSPS) is 14.7. The maximum absolute atomic E-state index is 13.4. The van der Waals surface area contributed by atoms with Crippen molar-refractivity contribution in [3.63, 3.8) is 0 Å². The van der Waals surface area contributed by atoms with E-state index in [4.69, 9.17) is 9.82 Å². The maximum Gasteiger partial charge on any atom is 0.339 e. The molecule has 1 aliphatic rings. The van der Waals surface area contributed by atoms with Gasteiger partial charge in [-0.05, 0) is 28.8 Å². The van der Waals surface area contributed by atoms with Crippen LogP contribution in [0.4, 0.5) is 15.6 Å². The van der Waals surface area contributed by atoms with Crippen molar-refractivity contribution < 1.29 is 27.6 Å². The number of para-hydroxylation sites is 1. The lowest BCUT2D eigenvalue weighted by Crippen LogP contribution is -2.68. The van der Waals surface area contributed by atoms with Gasteiger partial charge in [-0.15, -0.1) is 11.3 Å². The first-order chi connectivity index (χ1) is 24.2. The minimum Gasteiger partial charge on any atom is -0.398 e. The molecule has 4 amide bonds. The van der Waals surface area contributed by atoms with Crippen LogP contribution < -0.4 is 20.1 Å². The monoisotopic (exact) mass is 709 g/mol. The van der Waals surface area contributed by atoms with Crippen molar-refractivity contribution in [2.75, 3.05) is 23.7 Å². The fourth-order valence-corrected chi connectivity index (χ4v) is 7.07. The Morgan fingerprint density at radius 1 is 0.860 bits per heavy atom. The van der Waals surface area contributed by atoms with Crippen LogP contribution in [0, 0.1) is 0 Å². The van der Waals surface area contributed by atoms with E-state index >= 15 is 0 Å². The van der Waals surface area contributed by atoms with Crippen LogP contribution in [0.5, 0.6) is 0 Å². The number of anilines is 2. The summed E-state index contributed by atoms with van der Waals surface area (Å²) in [4.78, 5) is 49.1. The number of aromatic nitrogens is 1. The Labute approximate surface area is 292 Å². The van der Waals surface area contributed by atoms with Crippen LogP contribution >= 0.6 is 11.3 Å². The molecule has 0 unspecified atom stereocenters. The largest absolute Gasteiger partial charge is 0.398 e. The van der Waals surface area contributed by atoms with E-state index in [1.54, 1.807) is 28.3 Å². The third-order valence-electron chi connectivity index (χ3n) is 7.79. The number of β-lactam (4-membered cyclic amide) rings is 1. The number of benzene rings is 4. The number of nitrogens with zero attached hydrogens (tertiary/aromatic N) is 3. The van der Waals surface area contributed by atoms with Crippen LogP contribution in [0.2, 0.25) is 0 Å². The Balaban J connectivity index is 1.18. The average molecular weight is 710 g/mol. The lowest BCUT2D eigenvalue weighted by atomic mass is 9.77. The first-order valence-electron chi connectivity index (χ1n) is 15.2. The minimum atomic E-state index is -4.32. The fourth-order valence-electron chi connectivity index (χ4n) is 5.48. The van der Waals surface area contributed by atoms with Crippen molar-refractivity contribution in [3.8, 4) is 0 Å². The Bertz CT molecular complexity index is 2020. The molecule has 13 nitrogen and oxygen atoms in total. The first kappa shape index (κ1) is 33.8. The number of carbonyl (C=O) groups is 3. The van der Waals surface area contributed by atoms with Crippen LogP contribution in [0.1, 0.15) is 22.4 Å². The smallest absolute Gasteiger partial charge is 0.339 e. The second kappa shape index (κ2) is 14.6. The van der Waals surface area contributed by atoms with E-state index in [0.29, 0.717) is 10.0 Å². The summed E-state index contributed by atoms with van der Waals surface area (Å²) in [7, 11) is -3.05. The van der Waals surface area contributed by atoms with Crippen LogP contribution in [0.25, 0.3) is 0 Å². The van der Waals surface area contributed by atoms with Gasteiger partial charge in [-0.1, -0.05) is 114 Å². The van der Waals surface area contributed by atoms with Gasteiger partial charge in [0.1, 0.15) is 24.4 Å². The fraction of sp³-hybridized carbons (Fsp3) is 0.114. The quantitative estimate of drug-likeness (QED) is 0.0643. The molecular formula is C35H31N7O6S2. The van der Waals surface area contributed by atoms with Gasteiger partial charge in [-0.3, -0.25) is 19.2 Å². The van der Waals surface area contributed by atoms with Crippen molar-refractivity contribution in [3.05, 3.63) is 149 Å². The number of amides is 4. The molecule has 254 valence electrons. The summed E-state index contributed by atoms with van der Waals surface area (Å²) in [5.41, 5.74) is 2.21. The van der Waals surface area contributed by atoms with Gasteiger partial charge in [0, 0.05) is 5.38 Å². The van der Waals surface area contributed by atoms with Gasteiger partial charge in [0.2, 0.25) is 0 Å². The van der Waals surface area contributed by atoms with Crippen molar-refractivity contribution in [2.45, 2.75) is 11.6 Å². The molecule has 1 atom stereocenters. The number of hydrogen-bond acceptors (Lipinski definition) is 10. The van der Waals surface area contributed by atoms with Crippen molar-refractivity contribution in [1.82, 2.24) is 19.9 Å². The predicted octanol–water partition coefficient (Wildman–Crippen LogP) is 4.29. The Morgan fingerprint density at radius 2 is 1.38 bits per heavy atom. The molecule has 1 aromatic heterocycles. The number of imide groups is 1. The van der Waals surface area contributed by atoms with Crippen LogP contribution in [-0.4, -0.2) is 61.6 Å². The molecule has 5 aromatic rings. The average Bonchev–Trinajstić information content (AvgIpc) is 3.59. The molecule has 1 saturated heterocycles. The maximum atomic E-state index is 13.4. The molecule has 4 N–H and O–H groups in total. The highest BCUT2D eigenvalue weighted by molar-refractivity contribution is 7.91. The van der Waals surface area contributed by atoms with Gasteiger partial charge in [-0.2, -0.15) is 8.42 Å². The van der Waals surface area contributed by atoms with Gasteiger partial charge in [0.25, 0.3) is 11.8 Å². The molecule has 0 radical (unpaired) electrons. The predicted molar refractivity (Wildman–Crippen MR) is 190 cm³/mol. The number of thiazole rings is 1. The summed E-state index contributed by atoms with van der Waals surface area (Å²) in [6.07, 6.45) is 0. The van der Waals surface area contributed by atoms with E-state index in [2.05, 4.69) is 20.5 Å². The zero-order valence-corrected chi connectivity index (χ0v) is 28.1. The van der Waals surface area contributed by atoms with Gasteiger partial charge in [-0.25, -0.2) is 14.5 Å². The summed E-state index contributed by atoms with van der Waals surface area (Å²) in [6.45, 7) is -0.269. The second-order valence-corrected chi connectivity index (χ2v) is 13.3. The topological polar surface area (TPSA) is 171 Å². The standard InChI is InChI=1S/C35H31N7O6S2/c1-48-39-30(31(43)36-28-22-42(32(28)44)34(45)41-50(46,47)40-27-20-12-5-13-21-27)29-23-49-33(37-29)38-35(24-14-6-2-7-15-24,25-16-8-3-9-17-25)26-18-10-4-11-19-26/h2-21,23,28,40H,22H2,1H3,(H,36,43)(H,37,38)(H,41,45)/t28-/m0/s1.